The maximum atomic E-state index is 12.3. The molecule has 4 nitrogen and oxygen atoms in total. The van der Waals surface area contributed by atoms with Crippen LogP contribution in [0.4, 0.5) is 0 Å². The lowest BCUT2D eigenvalue weighted by atomic mass is 10.0. The van der Waals surface area contributed by atoms with E-state index in [0.717, 1.165) is 30.8 Å². The lowest BCUT2D eigenvalue weighted by Gasteiger charge is -2.20. The van der Waals surface area contributed by atoms with Crippen LogP contribution >= 0.6 is 24.8 Å². The van der Waals surface area contributed by atoms with Gasteiger partial charge in [-0.15, -0.1) is 24.8 Å². The second-order valence-electron chi connectivity index (χ2n) is 6.24. The highest BCUT2D eigenvalue weighted by atomic mass is 35.5. The molecule has 3 N–H and O–H groups in total. The second-order valence-corrected chi connectivity index (χ2v) is 6.24. The summed E-state index contributed by atoms with van der Waals surface area (Å²) in [4.78, 5) is 14.7. The van der Waals surface area contributed by atoms with Gasteiger partial charge in [-0.3, -0.25) is 9.69 Å². The number of halogens is 2. The third-order valence-electron chi connectivity index (χ3n) is 4.50. The number of carbonyl (C=O) groups is 1. The molecule has 150 valence electrons. The van der Waals surface area contributed by atoms with Gasteiger partial charge < -0.3 is 11.1 Å². The van der Waals surface area contributed by atoms with Crippen LogP contribution in [0.5, 0.6) is 0 Å². The average molecular weight is 412 g/mol. The molecule has 1 amide bonds. The number of hydrogen-bond acceptors (Lipinski definition) is 3. The molecule has 2 aromatic rings. The van der Waals surface area contributed by atoms with E-state index >= 15 is 0 Å². The summed E-state index contributed by atoms with van der Waals surface area (Å²) in [5, 5.41) is 2.99. The summed E-state index contributed by atoms with van der Waals surface area (Å²) in [6.45, 7) is 7.76. The van der Waals surface area contributed by atoms with E-state index in [2.05, 4.69) is 36.2 Å². The second kappa shape index (κ2) is 13.6. The molecule has 0 heterocycles. The van der Waals surface area contributed by atoms with E-state index in [9.17, 15) is 4.79 Å². The molecular formula is C21H31Cl2N3O. The largest absolute Gasteiger partial charge is 0.351 e. The summed E-state index contributed by atoms with van der Waals surface area (Å²) in [7, 11) is 0. The van der Waals surface area contributed by atoms with Crippen LogP contribution in [0.2, 0.25) is 0 Å². The van der Waals surface area contributed by atoms with Crippen LogP contribution in [0.3, 0.4) is 0 Å². The summed E-state index contributed by atoms with van der Waals surface area (Å²) in [5.74, 6) is -0.110. The molecule has 27 heavy (non-hydrogen) atoms. The fourth-order valence-corrected chi connectivity index (χ4v) is 2.85. The number of nitrogens with one attached hydrogen (secondary N) is 1. The van der Waals surface area contributed by atoms with E-state index in [0.29, 0.717) is 13.0 Å². The molecule has 1 atom stereocenters. The number of nitrogens with zero attached hydrogens (tertiary/aromatic N) is 1. The van der Waals surface area contributed by atoms with Crippen molar-refractivity contribution < 1.29 is 4.79 Å². The van der Waals surface area contributed by atoms with Crippen molar-refractivity contribution in [1.29, 1.82) is 0 Å². The van der Waals surface area contributed by atoms with Gasteiger partial charge in [0.1, 0.15) is 0 Å². The van der Waals surface area contributed by atoms with Crippen LogP contribution < -0.4 is 11.1 Å². The van der Waals surface area contributed by atoms with E-state index < -0.39 is 6.04 Å². The highest BCUT2D eigenvalue weighted by molar-refractivity contribution is 5.85. The Morgan fingerprint density at radius 2 is 1.52 bits per heavy atom. The maximum Gasteiger partial charge on any atom is 0.237 e. The van der Waals surface area contributed by atoms with Crippen LogP contribution in [0.15, 0.2) is 54.6 Å². The Hall–Kier alpha value is -1.59. The summed E-state index contributed by atoms with van der Waals surface area (Å²) in [5.41, 5.74) is 9.53. The first kappa shape index (κ1) is 25.4. The molecule has 0 unspecified atom stereocenters. The van der Waals surface area contributed by atoms with E-state index in [1.807, 2.05) is 42.5 Å². The zero-order valence-corrected chi connectivity index (χ0v) is 17.7. The third-order valence-corrected chi connectivity index (χ3v) is 4.50. The number of hydrogen-bond donors (Lipinski definition) is 2. The van der Waals surface area contributed by atoms with E-state index in [1.165, 1.54) is 5.56 Å². The molecule has 0 aromatic heterocycles. The molecule has 0 bridgehead atoms. The van der Waals surface area contributed by atoms with Crippen molar-refractivity contribution in [3.05, 3.63) is 71.3 Å². The standard InChI is InChI=1S/C21H29N3O.2ClH/c1-3-24(4-2)16-19-13-9-8-12-18(19)15-23-21(25)20(22)14-17-10-6-5-7-11-17;;/h5-13,20H,3-4,14-16,22H2,1-2H3,(H,23,25);2*1H/t20-;;/m0../s1. The molecule has 0 aliphatic heterocycles. The molecule has 0 fully saturated rings. The van der Waals surface area contributed by atoms with Crippen molar-refractivity contribution in [2.45, 2.75) is 39.4 Å². The van der Waals surface area contributed by atoms with Gasteiger partial charge >= 0.3 is 0 Å². The Morgan fingerprint density at radius 3 is 2.11 bits per heavy atom. The smallest absolute Gasteiger partial charge is 0.237 e. The fourth-order valence-electron chi connectivity index (χ4n) is 2.85. The SMILES string of the molecule is CCN(CC)Cc1ccccc1CNC(=O)[C@@H](N)Cc1ccccc1.Cl.Cl. The highest BCUT2D eigenvalue weighted by Crippen LogP contribution is 2.12. The van der Waals surface area contributed by atoms with Crippen molar-refractivity contribution in [3.8, 4) is 0 Å². The van der Waals surface area contributed by atoms with Gasteiger partial charge in [0, 0.05) is 13.1 Å². The first-order valence-corrected chi connectivity index (χ1v) is 9.00. The number of benzene rings is 2. The van der Waals surface area contributed by atoms with Crippen LogP contribution in [-0.4, -0.2) is 29.9 Å². The lowest BCUT2D eigenvalue weighted by Crippen LogP contribution is -2.41. The molecule has 0 saturated carbocycles. The quantitative estimate of drug-likeness (QED) is 0.662. The van der Waals surface area contributed by atoms with Crippen LogP contribution in [-0.2, 0) is 24.3 Å². The number of rotatable bonds is 9. The number of amides is 1. The van der Waals surface area contributed by atoms with Crippen LogP contribution in [0.25, 0.3) is 0 Å². The average Bonchev–Trinajstić information content (AvgIpc) is 2.65. The molecule has 0 saturated heterocycles. The van der Waals surface area contributed by atoms with Gasteiger partial charge in [-0.25, -0.2) is 0 Å². The predicted molar refractivity (Wildman–Crippen MR) is 118 cm³/mol. The maximum absolute atomic E-state index is 12.3. The zero-order valence-electron chi connectivity index (χ0n) is 16.1. The van der Waals surface area contributed by atoms with Gasteiger partial charge in [0.15, 0.2) is 0 Å². The van der Waals surface area contributed by atoms with E-state index in [-0.39, 0.29) is 30.7 Å². The molecule has 0 aliphatic rings. The summed E-state index contributed by atoms with van der Waals surface area (Å²) < 4.78 is 0. The Kier molecular flexibility index (Phi) is 12.8. The first-order valence-electron chi connectivity index (χ1n) is 9.00. The summed E-state index contributed by atoms with van der Waals surface area (Å²) >= 11 is 0. The zero-order chi connectivity index (χ0) is 18.1. The topological polar surface area (TPSA) is 58.4 Å². The molecule has 0 radical (unpaired) electrons. The lowest BCUT2D eigenvalue weighted by molar-refractivity contribution is -0.122. The summed E-state index contributed by atoms with van der Waals surface area (Å²) in [6, 6.07) is 17.6. The third kappa shape index (κ3) is 8.31. The minimum absolute atomic E-state index is 0. The minimum atomic E-state index is -0.530. The number of carbonyl (C=O) groups excluding carboxylic acids is 1. The van der Waals surface area contributed by atoms with Gasteiger partial charge in [-0.2, -0.15) is 0 Å². The van der Waals surface area contributed by atoms with Crippen molar-refractivity contribution >= 4 is 30.7 Å². The van der Waals surface area contributed by atoms with E-state index in [1.54, 1.807) is 0 Å². The minimum Gasteiger partial charge on any atom is -0.351 e. The molecule has 0 aliphatic carbocycles. The van der Waals surface area contributed by atoms with Crippen molar-refractivity contribution in [2.75, 3.05) is 13.1 Å². The van der Waals surface area contributed by atoms with Crippen LogP contribution in [0, 0.1) is 0 Å². The fraction of sp³-hybridized carbons (Fsp3) is 0.381. The molecule has 2 aromatic carbocycles. The van der Waals surface area contributed by atoms with Crippen LogP contribution in [0.1, 0.15) is 30.5 Å². The highest BCUT2D eigenvalue weighted by Gasteiger charge is 2.14. The van der Waals surface area contributed by atoms with Gasteiger partial charge in [0.25, 0.3) is 0 Å². The Balaban J connectivity index is 0.00000338. The van der Waals surface area contributed by atoms with Crippen molar-refractivity contribution in [2.24, 2.45) is 5.73 Å². The van der Waals surface area contributed by atoms with E-state index in [4.69, 9.17) is 5.73 Å². The molecular weight excluding hydrogens is 381 g/mol. The van der Waals surface area contributed by atoms with Gasteiger partial charge in [-0.05, 0) is 36.2 Å². The van der Waals surface area contributed by atoms with Crippen molar-refractivity contribution in [1.82, 2.24) is 10.2 Å². The predicted octanol–water partition coefficient (Wildman–Crippen LogP) is 3.56. The summed E-state index contributed by atoms with van der Waals surface area (Å²) in [6.07, 6.45) is 0.549. The number of nitrogens with two attached hydrogens (primary N) is 1. The first-order chi connectivity index (χ1) is 12.1. The van der Waals surface area contributed by atoms with Crippen molar-refractivity contribution in [3.63, 3.8) is 0 Å². The Morgan fingerprint density at radius 1 is 0.963 bits per heavy atom. The Bertz CT molecular complexity index is 663. The molecule has 6 heteroatoms. The molecule has 2 rings (SSSR count). The monoisotopic (exact) mass is 411 g/mol. The van der Waals surface area contributed by atoms with Gasteiger partial charge in [0.05, 0.1) is 6.04 Å². The Labute approximate surface area is 175 Å². The normalized spacial score (nSPS) is 11.3. The molecule has 0 spiro atoms. The van der Waals surface area contributed by atoms with Gasteiger partial charge in [-0.1, -0.05) is 68.4 Å². The van der Waals surface area contributed by atoms with Gasteiger partial charge in [0.2, 0.25) is 5.91 Å².